The highest BCUT2D eigenvalue weighted by atomic mass is 15.4. The largest absolute Gasteiger partial charge is 0.357 e. The van der Waals surface area contributed by atoms with Crippen LogP contribution in [0.1, 0.15) is 37.9 Å². The molecule has 1 aromatic rings. The predicted molar refractivity (Wildman–Crippen MR) is 107 cm³/mol. The lowest BCUT2D eigenvalue weighted by Crippen LogP contribution is -2.62. The van der Waals surface area contributed by atoms with Crippen LogP contribution in [0.2, 0.25) is 0 Å². The summed E-state index contributed by atoms with van der Waals surface area (Å²) in [6.07, 6.45) is 2.13. The van der Waals surface area contributed by atoms with Gasteiger partial charge in [0.15, 0.2) is 5.96 Å². The summed E-state index contributed by atoms with van der Waals surface area (Å²) in [5, 5.41) is 8.09. The van der Waals surface area contributed by atoms with Crippen LogP contribution in [0.15, 0.2) is 11.2 Å². The number of piperazine rings is 3. The molecule has 0 amide bonds. The zero-order valence-corrected chi connectivity index (χ0v) is 17.1. The second-order valence-electron chi connectivity index (χ2n) is 7.91. The third kappa shape index (κ3) is 4.38. The molecule has 0 aromatic carbocycles. The van der Waals surface area contributed by atoms with E-state index in [-0.39, 0.29) is 0 Å². The van der Waals surface area contributed by atoms with Crippen LogP contribution in [0.3, 0.4) is 0 Å². The first-order valence-corrected chi connectivity index (χ1v) is 9.96. The molecule has 3 fully saturated rings. The zero-order valence-electron chi connectivity index (χ0n) is 17.1. The van der Waals surface area contributed by atoms with Crippen molar-refractivity contribution in [3.8, 4) is 0 Å². The van der Waals surface area contributed by atoms with Crippen molar-refractivity contribution in [1.29, 1.82) is 0 Å². The maximum absolute atomic E-state index is 4.97. The standard InChI is InChI=1S/C19H35N7/c1-6-20-19(21-11-17-14-25-7-9-26(17)10-8-25)23(4)12-16-13-24(5)22-18(16)15(2)3/h13,15,17H,6-12,14H2,1-5H3,(H,20,21). The number of aryl methyl sites for hydroxylation is 1. The van der Waals surface area contributed by atoms with E-state index >= 15 is 0 Å². The summed E-state index contributed by atoms with van der Waals surface area (Å²) in [6, 6.07) is 0.559. The van der Waals surface area contributed by atoms with Crippen molar-refractivity contribution in [3.05, 3.63) is 17.5 Å². The van der Waals surface area contributed by atoms with E-state index in [0.717, 1.165) is 32.1 Å². The summed E-state index contributed by atoms with van der Waals surface area (Å²) >= 11 is 0. The van der Waals surface area contributed by atoms with Gasteiger partial charge < -0.3 is 10.2 Å². The van der Waals surface area contributed by atoms with Crippen LogP contribution in [0, 0.1) is 0 Å². The quantitative estimate of drug-likeness (QED) is 0.604. The number of nitrogens with zero attached hydrogens (tertiary/aromatic N) is 6. The van der Waals surface area contributed by atoms with Crippen molar-refractivity contribution in [2.45, 2.75) is 39.3 Å². The molecule has 7 heteroatoms. The SMILES string of the molecule is CCNC(=NCC1CN2CCN1CC2)N(C)Cc1cn(C)nc1C(C)C. The van der Waals surface area contributed by atoms with Gasteiger partial charge in [0.05, 0.1) is 12.2 Å². The maximum atomic E-state index is 4.97. The normalized spacial score (nSPS) is 25.8. The van der Waals surface area contributed by atoms with Crippen LogP contribution in [-0.4, -0.2) is 89.3 Å². The Morgan fingerprint density at radius 3 is 2.65 bits per heavy atom. The molecule has 146 valence electrons. The molecular formula is C19H35N7. The number of rotatable bonds is 6. The summed E-state index contributed by atoms with van der Waals surface area (Å²) < 4.78 is 1.92. The summed E-state index contributed by atoms with van der Waals surface area (Å²) in [6.45, 7) is 15.1. The molecule has 4 rings (SSSR count). The highest BCUT2D eigenvalue weighted by molar-refractivity contribution is 5.79. The third-order valence-electron chi connectivity index (χ3n) is 5.43. The Bertz CT molecular complexity index is 613. The van der Waals surface area contributed by atoms with Crippen LogP contribution < -0.4 is 5.32 Å². The minimum Gasteiger partial charge on any atom is -0.357 e. The first-order valence-electron chi connectivity index (χ1n) is 9.96. The van der Waals surface area contributed by atoms with Crippen LogP contribution in [-0.2, 0) is 13.6 Å². The van der Waals surface area contributed by atoms with Gasteiger partial charge in [-0.3, -0.25) is 19.5 Å². The van der Waals surface area contributed by atoms with Crippen molar-refractivity contribution in [2.24, 2.45) is 12.0 Å². The summed E-state index contributed by atoms with van der Waals surface area (Å²) in [5.41, 5.74) is 2.46. The van der Waals surface area contributed by atoms with Gasteiger partial charge in [-0.2, -0.15) is 5.10 Å². The van der Waals surface area contributed by atoms with E-state index in [1.807, 2.05) is 11.7 Å². The molecule has 1 atom stereocenters. The topological polar surface area (TPSA) is 51.9 Å². The summed E-state index contributed by atoms with van der Waals surface area (Å²) in [4.78, 5) is 12.4. The Morgan fingerprint density at radius 2 is 2.08 bits per heavy atom. The summed E-state index contributed by atoms with van der Waals surface area (Å²) in [7, 11) is 4.12. The van der Waals surface area contributed by atoms with Crippen LogP contribution in [0.4, 0.5) is 0 Å². The Kier molecular flexibility index (Phi) is 6.19. The second kappa shape index (κ2) is 8.39. The second-order valence-corrected chi connectivity index (χ2v) is 7.91. The van der Waals surface area contributed by atoms with Gasteiger partial charge in [0.25, 0.3) is 0 Å². The average molecular weight is 362 g/mol. The first-order chi connectivity index (χ1) is 12.5. The number of guanidine groups is 1. The molecule has 0 spiro atoms. The molecule has 0 saturated carbocycles. The van der Waals surface area contributed by atoms with E-state index in [4.69, 9.17) is 4.99 Å². The molecule has 1 N–H and O–H groups in total. The first kappa shape index (κ1) is 19.2. The molecule has 26 heavy (non-hydrogen) atoms. The van der Waals surface area contributed by atoms with Crippen molar-refractivity contribution in [2.75, 3.05) is 52.9 Å². The van der Waals surface area contributed by atoms with Crippen molar-refractivity contribution in [1.82, 2.24) is 29.8 Å². The zero-order chi connectivity index (χ0) is 18.7. The van der Waals surface area contributed by atoms with Gasteiger partial charge in [0, 0.05) is 77.7 Å². The Hall–Kier alpha value is -1.60. The van der Waals surface area contributed by atoms with Gasteiger partial charge >= 0.3 is 0 Å². The molecule has 0 radical (unpaired) electrons. The van der Waals surface area contributed by atoms with E-state index in [9.17, 15) is 0 Å². The fourth-order valence-electron chi connectivity index (χ4n) is 4.05. The molecule has 4 heterocycles. The van der Waals surface area contributed by atoms with Crippen LogP contribution in [0.5, 0.6) is 0 Å². The molecular weight excluding hydrogens is 326 g/mol. The minimum absolute atomic E-state index is 0.429. The van der Waals surface area contributed by atoms with E-state index in [2.05, 4.69) is 59.1 Å². The lowest BCUT2D eigenvalue weighted by molar-refractivity contribution is 0.0173. The van der Waals surface area contributed by atoms with Gasteiger partial charge in [-0.1, -0.05) is 13.8 Å². The van der Waals surface area contributed by atoms with Crippen LogP contribution >= 0.6 is 0 Å². The van der Waals surface area contributed by atoms with Crippen molar-refractivity contribution >= 4 is 5.96 Å². The van der Waals surface area contributed by atoms with E-state index < -0.39 is 0 Å². The Balaban J connectivity index is 1.66. The van der Waals surface area contributed by atoms with Gasteiger partial charge in [0.2, 0.25) is 0 Å². The molecule has 3 aliphatic heterocycles. The number of hydrogen-bond donors (Lipinski definition) is 1. The fourth-order valence-corrected chi connectivity index (χ4v) is 4.05. The number of hydrogen-bond acceptors (Lipinski definition) is 4. The fraction of sp³-hybridized carbons (Fsp3) is 0.789. The lowest BCUT2D eigenvalue weighted by Gasteiger charge is -2.47. The van der Waals surface area contributed by atoms with Gasteiger partial charge in [-0.15, -0.1) is 0 Å². The van der Waals surface area contributed by atoms with Gasteiger partial charge in [-0.05, 0) is 12.8 Å². The minimum atomic E-state index is 0.429. The molecule has 1 aromatic heterocycles. The van der Waals surface area contributed by atoms with Gasteiger partial charge in [-0.25, -0.2) is 0 Å². The monoisotopic (exact) mass is 361 g/mol. The predicted octanol–water partition coefficient (Wildman–Crippen LogP) is 0.941. The molecule has 7 nitrogen and oxygen atoms in total. The molecule has 2 bridgehead atoms. The van der Waals surface area contributed by atoms with Gasteiger partial charge in [0.1, 0.15) is 0 Å². The number of aromatic nitrogens is 2. The highest BCUT2D eigenvalue weighted by Gasteiger charge is 2.31. The maximum Gasteiger partial charge on any atom is 0.194 e. The molecule has 3 aliphatic rings. The highest BCUT2D eigenvalue weighted by Crippen LogP contribution is 2.19. The van der Waals surface area contributed by atoms with Crippen molar-refractivity contribution < 1.29 is 0 Å². The van der Waals surface area contributed by atoms with E-state index in [0.29, 0.717) is 12.0 Å². The number of nitrogens with one attached hydrogen (secondary N) is 1. The third-order valence-corrected chi connectivity index (χ3v) is 5.43. The Labute approximate surface area is 158 Å². The summed E-state index contributed by atoms with van der Waals surface area (Å²) in [5.74, 6) is 1.42. The lowest BCUT2D eigenvalue weighted by atomic mass is 10.1. The number of aliphatic imine (C=N–C) groups is 1. The molecule has 1 unspecified atom stereocenters. The van der Waals surface area contributed by atoms with Crippen molar-refractivity contribution in [3.63, 3.8) is 0 Å². The molecule has 3 saturated heterocycles. The van der Waals surface area contributed by atoms with E-state index in [1.165, 1.54) is 37.4 Å². The smallest absolute Gasteiger partial charge is 0.194 e. The molecule has 0 aliphatic carbocycles. The average Bonchev–Trinajstić information content (AvgIpc) is 3.00. The Morgan fingerprint density at radius 1 is 1.35 bits per heavy atom. The van der Waals surface area contributed by atoms with E-state index in [1.54, 1.807) is 0 Å². The number of fused-ring (bicyclic) bond motifs is 3. The van der Waals surface area contributed by atoms with Crippen LogP contribution in [0.25, 0.3) is 0 Å².